The standard InChI is InChI=1S/C18H28N2O2/c1-13(2)16(11-14-7-4-5-9-17(14)22-3)20-18(21)12-15-8-6-10-19-15/h4-5,7,9,13,15-16,19H,6,8,10-12H2,1-3H3,(H,20,21). The fourth-order valence-electron chi connectivity index (χ4n) is 2.98. The fraction of sp³-hybridized carbons (Fsp3) is 0.611. The Morgan fingerprint density at radius 2 is 2.18 bits per heavy atom. The summed E-state index contributed by atoms with van der Waals surface area (Å²) in [5, 5.41) is 6.59. The van der Waals surface area contributed by atoms with Crippen molar-refractivity contribution in [1.82, 2.24) is 10.6 Å². The van der Waals surface area contributed by atoms with Crippen LogP contribution in [0.3, 0.4) is 0 Å². The van der Waals surface area contributed by atoms with Gasteiger partial charge in [0.25, 0.3) is 0 Å². The first kappa shape index (κ1) is 16.8. The van der Waals surface area contributed by atoms with Crippen molar-refractivity contribution in [1.29, 1.82) is 0 Å². The molecule has 1 aliphatic rings. The molecule has 1 heterocycles. The quantitative estimate of drug-likeness (QED) is 0.814. The Labute approximate surface area is 133 Å². The molecule has 0 bridgehead atoms. The minimum absolute atomic E-state index is 0.130. The van der Waals surface area contributed by atoms with Crippen molar-refractivity contribution in [2.75, 3.05) is 13.7 Å². The van der Waals surface area contributed by atoms with Crippen molar-refractivity contribution in [3.63, 3.8) is 0 Å². The van der Waals surface area contributed by atoms with Crippen LogP contribution in [0.5, 0.6) is 5.75 Å². The van der Waals surface area contributed by atoms with Crippen LogP contribution in [0.1, 0.15) is 38.7 Å². The molecule has 2 N–H and O–H groups in total. The second-order valence-electron chi connectivity index (χ2n) is 6.43. The van der Waals surface area contributed by atoms with Gasteiger partial charge in [-0.25, -0.2) is 0 Å². The number of benzene rings is 1. The van der Waals surface area contributed by atoms with Crippen LogP contribution in [-0.4, -0.2) is 31.6 Å². The summed E-state index contributed by atoms with van der Waals surface area (Å²) in [7, 11) is 1.69. The molecule has 0 radical (unpaired) electrons. The number of ether oxygens (including phenoxy) is 1. The Morgan fingerprint density at radius 3 is 2.82 bits per heavy atom. The summed E-state index contributed by atoms with van der Waals surface area (Å²) in [5.74, 6) is 1.42. The first-order chi connectivity index (χ1) is 10.6. The molecule has 1 aromatic carbocycles. The summed E-state index contributed by atoms with van der Waals surface area (Å²) in [6.45, 7) is 5.33. The van der Waals surface area contributed by atoms with Crippen molar-refractivity contribution in [3.8, 4) is 5.75 Å². The van der Waals surface area contributed by atoms with E-state index in [-0.39, 0.29) is 11.9 Å². The number of hydrogen-bond acceptors (Lipinski definition) is 3. The lowest BCUT2D eigenvalue weighted by Gasteiger charge is -2.24. The molecule has 1 saturated heterocycles. The first-order valence-corrected chi connectivity index (χ1v) is 8.24. The van der Waals surface area contributed by atoms with Gasteiger partial charge in [-0.2, -0.15) is 0 Å². The van der Waals surface area contributed by atoms with E-state index in [9.17, 15) is 4.79 Å². The van der Waals surface area contributed by atoms with Gasteiger partial charge >= 0.3 is 0 Å². The van der Waals surface area contributed by atoms with Gasteiger partial charge in [-0.05, 0) is 43.4 Å². The molecule has 4 heteroatoms. The topological polar surface area (TPSA) is 50.4 Å². The minimum atomic E-state index is 0.130. The van der Waals surface area contributed by atoms with Gasteiger partial charge in [0.05, 0.1) is 7.11 Å². The highest BCUT2D eigenvalue weighted by Gasteiger charge is 2.22. The maximum absolute atomic E-state index is 12.3. The van der Waals surface area contributed by atoms with E-state index in [4.69, 9.17) is 4.74 Å². The van der Waals surface area contributed by atoms with E-state index in [2.05, 4.69) is 30.5 Å². The Balaban J connectivity index is 1.95. The average Bonchev–Trinajstić information content (AvgIpc) is 2.99. The third kappa shape index (κ3) is 4.73. The summed E-state index contributed by atoms with van der Waals surface area (Å²) in [6.07, 6.45) is 3.65. The molecule has 0 aliphatic carbocycles. The number of hydrogen-bond donors (Lipinski definition) is 2. The van der Waals surface area contributed by atoms with Crippen LogP contribution in [0.2, 0.25) is 0 Å². The van der Waals surface area contributed by atoms with E-state index in [1.54, 1.807) is 7.11 Å². The zero-order valence-electron chi connectivity index (χ0n) is 13.9. The van der Waals surface area contributed by atoms with E-state index < -0.39 is 0 Å². The van der Waals surface area contributed by atoms with E-state index >= 15 is 0 Å². The maximum Gasteiger partial charge on any atom is 0.221 e. The molecule has 122 valence electrons. The Bertz CT molecular complexity index is 482. The van der Waals surface area contributed by atoms with Crippen LogP contribution in [-0.2, 0) is 11.2 Å². The zero-order chi connectivity index (χ0) is 15.9. The van der Waals surface area contributed by atoms with Crippen LogP contribution in [0, 0.1) is 5.92 Å². The average molecular weight is 304 g/mol. The molecule has 1 aliphatic heterocycles. The number of rotatable bonds is 7. The summed E-state index contributed by atoms with van der Waals surface area (Å²) in [6, 6.07) is 8.50. The number of methoxy groups -OCH3 is 1. The SMILES string of the molecule is COc1ccccc1CC(NC(=O)CC1CCCN1)C(C)C. The van der Waals surface area contributed by atoms with Crippen LogP contribution >= 0.6 is 0 Å². The molecule has 0 saturated carbocycles. The molecule has 22 heavy (non-hydrogen) atoms. The molecule has 1 amide bonds. The number of nitrogens with one attached hydrogen (secondary N) is 2. The molecule has 2 rings (SSSR count). The van der Waals surface area contributed by atoms with Crippen molar-refractivity contribution in [2.24, 2.45) is 5.92 Å². The van der Waals surface area contributed by atoms with Gasteiger partial charge in [0.1, 0.15) is 5.75 Å². The molecule has 4 nitrogen and oxygen atoms in total. The summed E-state index contributed by atoms with van der Waals surface area (Å²) < 4.78 is 5.42. The predicted octanol–water partition coefficient (Wildman–Crippen LogP) is 2.52. The van der Waals surface area contributed by atoms with Crippen molar-refractivity contribution in [2.45, 2.75) is 51.6 Å². The molecule has 2 atom stereocenters. The predicted molar refractivity (Wildman–Crippen MR) is 89.1 cm³/mol. The smallest absolute Gasteiger partial charge is 0.221 e. The molecule has 2 unspecified atom stereocenters. The van der Waals surface area contributed by atoms with Gasteiger partial charge in [-0.3, -0.25) is 4.79 Å². The molecule has 1 aromatic rings. The number of carbonyl (C=O) groups excluding carboxylic acids is 1. The number of carbonyl (C=O) groups is 1. The second-order valence-corrected chi connectivity index (χ2v) is 6.43. The number of amides is 1. The second kappa shape index (κ2) is 8.18. The first-order valence-electron chi connectivity index (χ1n) is 8.24. The van der Waals surface area contributed by atoms with E-state index in [0.29, 0.717) is 18.4 Å². The Hall–Kier alpha value is -1.55. The van der Waals surface area contributed by atoms with E-state index in [1.807, 2.05) is 18.2 Å². The third-order valence-corrected chi connectivity index (χ3v) is 4.38. The lowest BCUT2D eigenvalue weighted by Crippen LogP contribution is -2.42. The third-order valence-electron chi connectivity index (χ3n) is 4.38. The largest absolute Gasteiger partial charge is 0.496 e. The van der Waals surface area contributed by atoms with Crippen LogP contribution in [0.4, 0.5) is 0 Å². The van der Waals surface area contributed by atoms with Crippen LogP contribution < -0.4 is 15.4 Å². The highest BCUT2D eigenvalue weighted by molar-refractivity contribution is 5.77. The Kier molecular flexibility index (Phi) is 6.25. The van der Waals surface area contributed by atoms with Crippen molar-refractivity contribution >= 4 is 5.91 Å². The molecular formula is C18H28N2O2. The van der Waals surface area contributed by atoms with Gasteiger partial charge in [-0.1, -0.05) is 32.0 Å². The molecule has 1 fully saturated rings. The van der Waals surface area contributed by atoms with Crippen molar-refractivity contribution in [3.05, 3.63) is 29.8 Å². The van der Waals surface area contributed by atoms with Gasteiger partial charge in [0.15, 0.2) is 0 Å². The summed E-state index contributed by atoms with van der Waals surface area (Å²) in [4.78, 5) is 12.3. The zero-order valence-corrected chi connectivity index (χ0v) is 13.9. The van der Waals surface area contributed by atoms with E-state index in [0.717, 1.165) is 30.7 Å². The van der Waals surface area contributed by atoms with Gasteiger partial charge in [-0.15, -0.1) is 0 Å². The van der Waals surface area contributed by atoms with Crippen LogP contribution in [0.25, 0.3) is 0 Å². The highest BCUT2D eigenvalue weighted by atomic mass is 16.5. The van der Waals surface area contributed by atoms with Gasteiger partial charge in [0.2, 0.25) is 5.91 Å². The van der Waals surface area contributed by atoms with Gasteiger partial charge in [0, 0.05) is 18.5 Å². The summed E-state index contributed by atoms with van der Waals surface area (Å²) >= 11 is 0. The number of para-hydroxylation sites is 1. The van der Waals surface area contributed by atoms with Crippen molar-refractivity contribution < 1.29 is 9.53 Å². The monoisotopic (exact) mass is 304 g/mol. The fourth-order valence-corrected chi connectivity index (χ4v) is 2.98. The molecule has 0 aromatic heterocycles. The highest BCUT2D eigenvalue weighted by Crippen LogP contribution is 2.21. The van der Waals surface area contributed by atoms with Crippen LogP contribution in [0.15, 0.2) is 24.3 Å². The summed E-state index contributed by atoms with van der Waals surface area (Å²) in [5.41, 5.74) is 1.14. The Morgan fingerprint density at radius 1 is 1.41 bits per heavy atom. The molecular weight excluding hydrogens is 276 g/mol. The maximum atomic E-state index is 12.3. The van der Waals surface area contributed by atoms with Gasteiger partial charge < -0.3 is 15.4 Å². The lowest BCUT2D eigenvalue weighted by molar-refractivity contribution is -0.122. The molecule has 0 spiro atoms. The normalized spacial score (nSPS) is 19.2. The van der Waals surface area contributed by atoms with E-state index in [1.165, 1.54) is 6.42 Å². The lowest BCUT2D eigenvalue weighted by atomic mass is 9.95. The minimum Gasteiger partial charge on any atom is -0.496 e.